The predicted octanol–water partition coefficient (Wildman–Crippen LogP) is 1.18. The van der Waals surface area contributed by atoms with E-state index in [0.717, 1.165) is 0 Å². The zero-order chi connectivity index (χ0) is 12.9. The van der Waals surface area contributed by atoms with Gasteiger partial charge >= 0.3 is 0 Å². The maximum Gasteiger partial charge on any atom is 0.291 e. The fourth-order valence-electron chi connectivity index (χ4n) is 1.16. The number of benzene rings is 1. The van der Waals surface area contributed by atoms with Gasteiger partial charge in [-0.15, -0.1) is 4.72 Å². The molecule has 5 nitrogen and oxygen atoms in total. The van der Waals surface area contributed by atoms with E-state index < -0.39 is 15.9 Å². The lowest BCUT2D eigenvalue weighted by Gasteiger charge is -2.08. The number of nitrogens with zero attached hydrogens (tertiary/aromatic N) is 1. The van der Waals surface area contributed by atoms with E-state index >= 15 is 0 Å². The summed E-state index contributed by atoms with van der Waals surface area (Å²) in [4.78, 5) is 11.7. The molecule has 0 N–H and O–H groups in total. The van der Waals surface area contributed by atoms with Crippen LogP contribution in [0.25, 0.3) is 0 Å². The molecule has 93 valence electrons. The normalized spacial score (nSPS) is 10.9. The van der Waals surface area contributed by atoms with E-state index in [0.29, 0.717) is 12.4 Å². The van der Waals surface area contributed by atoms with Crippen molar-refractivity contribution >= 4 is 15.9 Å². The van der Waals surface area contributed by atoms with Gasteiger partial charge in [0.1, 0.15) is 5.75 Å². The molecule has 1 aromatic carbocycles. The van der Waals surface area contributed by atoms with Gasteiger partial charge in [0, 0.05) is 0 Å². The lowest BCUT2D eigenvalue weighted by atomic mass is 10.2. The number of ether oxygens (including phenoxy) is 1. The summed E-state index contributed by atoms with van der Waals surface area (Å²) in [5, 5.41) is 0. The zero-order valence-electron chi connectivity index (χ0n) is 9.71. The lowest BCUT2D eigenvalue weighted by Crippen LogP contribution is -2.25. The molecule has 0 aromatic heterocycles. The first-order valence-corrected chi connectivity index (χ1v) is 6.83. The van der Waals surface area contributed by atoms with Gasteiger partial charge in [0.2, 0.25) is 0 Å². The number of amides is 1. The summed E-state index contributed by atoms with van der Waals surface area (Å²) >= 11 is 0. The van der Waals surface area contributed by atoms with Crippen LogP contribution in [0, 0.1) is 0 Å². The van der Waals surface area contributed by atoms with Crippen LogP contribution < -0.4 is 9.46 Å². The molecule has 17 heavy (non-hydrogen) atoms. The summed E-state index contributed by atoms with van der Waals surface area (Å²) in [5.74, 6) is -0.652. The van der Waals surface area contributed by atoms with Crippen LogP contribution in [0.2, 0.25) is 0 Å². The van der Waals surface area contributed by atoms with Crippen molar-refractivity contribution in [2.75, 3.05) is 12.4 Å². The Balaban J connectivity index is 2.96. The average Bonchev–Trinajstić information content (AvgIpc) is 2.29. The standard InChI is InChI=1S/C11H14NO4S/c1-3-16-10-8-6-5-7-9(10)11(13)12-17(14,15)4-2/h5-8H,3-4H2,1-2H3. The number of carbonyl (C=O) groups excluding carboxylic acids is 1. The van der Waals surface area contributed by atoms with E-state index in [2.05, 4.69) is 4.72 Å². The molecule has 0 spiro atoms. The Morgan fingerprint density at radius 3 is 2.53 bits per heavy atom. The number of hydrogen-bond acceptors (Lipinski definition) is 4. The molecule has 0 aliphatic carbocycles. The molecule has 0 bridgehead atoms. The van der Waals surface area contributed by atoms with Crippen molar-refractivity contribution < 1.29 is 17.9 Å². The maximum absolute atomic E-state index is 11.7. The van der Waals surface area contributed by atoms with Gasteiger partial charge in [-0.05, 0) is 26.0 Å². The molecule has 1 rings (SSSR count). The Bertz CT molecular complexity index is 496. The molecule has 6 heteroatoms. The van der Waals surface area contributed by atoms with E-state index in [1.54, 1.807) is 25.1 Å². The Morgan fingerprint density at radius 1 is 1.29 bits per heavy atom. The second kappa shape index (κ2) is 5.67. The van der Waals surface area contributed by atoms with Crippen LogP contribution in [-0.4, -0.2) is 26.7 Å². The van der Waals surface area contributed by atoms with Crippen LogP contribution in [-0.2, 0) is 10.0 Å². The minimum absolute atomic E-state index is 0.159. The Labute approximate surface area is 101 Å². The van der Waals surface area contributed by atoms with E-state index in [1.165, 1.54) is 13.0 Å². The third-order valence-corrected chi connectivity index (χ3v) is 3.18. The van der Waals surface area contributed by atoms with Crippen LogP contribution in [0.1, 0.15) is 24.2 Å². The molecular formula is C11H14NO4S. The minimum atomic E-state index is -3.68. The van der Waals surface area contributed by atoms with Crippen molar-refractivity contribution in [3.05, 3.63) is 29.8 Å². The molecule has 0 atom stereocenters. The summed E-state index contributed by atoms with van der Waals surface area (Å²) in [6, 6.07) is 6.42. The number of hydrogen-bond donors (Lipinski definition) is 0. The molecule has 1 radical (unpaired) electrons. The molecule has 0 saturated carbocycles. The summed E-state index contributed by atoms with van der Waals surface area (Å²) in [5.41, 5.74) is 0.159. The fraction of sp³-hybridized carbons (Fsp3) is 0.364. The van der Waals surface area contributed by atoms with Gasteiger partial charge in [0.15, 0.2) is 0 Å². The minimum Gasteiger partial charge on any atom is -0.493 e. The molecule has 0 heterocycles. The van der Waals surface area contributed by atoms with Crippen LogP contribution in [0.15, 0.2) is 24.3 Å². The Hall–Kier alpha value is -1.56. The van der Waals surface area contributed by atoms with Gasteiger partial charge in [-0.1, -0.05) is 12.1 Å². The second-order valence-electron chi connectivity index (χ2n) is 3.20. The van der Waals surface area contributed by atoms with Crippen LogP contribution in [0.3, 0.4) is 0 Å². The smallest absolute Gasteiger partial charge is 0.291 e. The Morgan fingerprint density at radius 2 is 1.94 bits per heavy atom. The third kappa shape index (κ3) is 3.74. The molecule has 1 aromatic rings. The van der Waals surface area contributed by atoms with Gasteiger partial charge < -0.3 is 4.74 Å². The highest BCUT2D eigenvalue weighted by molar-refractivity contribution is 7.89. The van der Waals surface area contributed by atoms with Crippen molar-refractivity contribution in [1.29, 1.82) is 0 Å². The summed E-state index contributed by atoms with van der Waals surface area (Å²) in [7, 11) is -3.68. The monoisotopic (exact) mass is 256 g/mol. The highest BCUT2D eigenvalue weighted by atomic mass is 32.2. The predicted molar refractivity (Wildman–Crippen MR) is 63.5 cm³/mol. The van der Waals surface area contributed by atoms with Crippen molar-refractivity contribution in [2.24, 2.45) is 0 Å². The van der Waals surface area contributed by atoms with Gasteiger partial charge in [-0.25, -0.2) is 8.42 Å². The summed E-state index contributed by atoms with van der Waals surface area (Å²) in [6.07, 6.45) is 0. The van der Waals surface area contributed by atoms with E-state index in [9.17, 15) is 13.2 Å². The molecule has 0 fully saturated rings. The van der Waals surface area contributed by atoms with Crippen LogP contribution in [0.5, 0.6) is 5.75 Å². The molecule has 0 saturated heterocycles. The number of sulfonamides is 1. The first kappa shape index (κ1) is 13.5. The maximum atomic E-state index is 11.7. The topological polar surface area (TPSA) is 74.5 Å². The lowest BCUT2D eigenvalue weighted by molar-refractivity contribution is 0.0974. The third-order valence-electron chi connectivity index (χ3n) is 2.00. The van der Waals surface area contributed by atoms with Crippen molar-refractivity contribution in [1.82, 2.24) is 4.72 Å². The molecule has 1 amide bonds. The van der Waals surface area contributed by atoms with Gasteiger partial charge in [0.05, 0.1) is 17.9 Å². The number of para-hydroxylation sites is 1. The highest BCUT2D eigenvalue weighted by Crippen LogP contribution is 2.18. The first-order valence-electron chi connectivity index (χ1n) is 5.22. The van der Waals surface area contributed by atoms with Crippen molar-refractivity contribution in [2.45, 2.75) is 13.8 Å². The summed E-state index contributed by atoms with van der Waals surface area (Å²) < 4.78 is 30.9. The van der Waals surface area contributed by atoms with Crippen LogP contribution in [0.4, 0.5) is 0 Å². The highest BCUT2D eigenvalue weighted by Gasteiger charge is 2.19. The van der Waals surface area contributed by atoms with E-state index in [4.69, 9.17) is 4.74 Å². The zero-order valence-corrected chi connectivity index (χ0v) is 10.5. The molecule has 0 aliphatic rings. The average molecular weight is 256 g/mol. The van der Waals surface area contributed by atoms with Gasteiger partial charge in [-0.2, -0.15) is 0 Å². The van der Waals surface area contributed by atoms with Crippen molar-refractivity contribution in [3.8, 4) is 5.75 Å². The first-order chi connectivity index (χ1) is 8.00. The van der Waals surface area contributed by atoms with Gasteiger partial charge in [0.25, 0.3) is 15.9 Å². The summed E-state index contributed by atoms with van der Waals surface area (Å²) in [6.45, 7) is 3.60. The van der Waals surface area contributed by atoms with Crippen molar-refractivity contribution in [3.63, 3.8) is 0 Å². The fourth-order valence-corrected chi connectivity index (χ4v) is 1.64. The molecule has 0 unspecified atom stereocenters. The molecule has 0 aliphatic heterocycles. The molecular weight excluding hydrogens is 242 g/mol. The quantitative estimate of drug-likeness (QED) is 0.792. The second-order valence-corrected chi connectivity index (χ2v) is 5.12. The van der Waals surface area contributed by atoms with E-state index in [-0.39, 0.29) is 11.3 Å². The Kier molecular flexibility index (Phi) is 4.51. The largest absolute Gasteiger partial charge is 0.493 e. The number of carbonyl (C=O) groups is 1. The van der Waals surface area contributed by atoms with Gasteiger partial charge in [-0.3, -0.25) is 4.79 Å². The number of rotatable bonds is 5. The van der Waals surface area contributed by atoms with E-state index in [1.807, 2.05) is 0 Å². The van der Waals surface area contributed by atoms with Crippen LogP contribution >= 0.6 is 0 Å². The SMILES string of the molecule is CCOc1ccccc1C(=O)[N]S(=O)(=O)CC.